The predicted molar refractivity (Wildman–Crippen MR) is 35.7 cm³/mol. The summed E-state index contributed by atoms with van der Waals surface area (Å²) >= 11 is 0. The molecule has 1 aromatic heterocycles. The van der Waals surface area contributed by atoms with Crippen LogP contribution < -0.4 is 103 Å². The molecule has 0 atom stereocenters. The largest absolute Gasteiger partial charge is 1.00 e. The van der Waals surface area contributed by atoms with Crippen LogP contribution in [0.1, 0.15) is 11.3 Å². The Morgan fingerprint density at radius 1 is 1.20 bits per heavy atom. The Balaban J connectivity index is -0.0000000701. The Bertz CT molecular complexity index is 265. The van der Waals surface area contributed by atoms with Crippen molar-refractivity contribution in [3.05, 3.63) is 17.5 Å². The van der Waals surface area contributed by atoms with Gasteiger partial charge in [0.05, 0.1) is 5.69 Å². The van der Waals surface area contributed by atoms with Crippen LogP contribution >= 0.6 is 7.82 Å². The maximum atomic E-state index is 8.55. The number of nitrogens with one attached hydrogen (secondary N) is 1. The Morgan fingerprint density at radius 2 is 1.53 bits per heavy atom. The second kappa shape index (κ2) is 12.8. The average molecular weight is 260 g/mol. The van der Waals surface area contributed by atoms with E-state index in [1.165, 1.54) is 5.56 Å². The molecule has 10 heteroatoms. The second-order valence-corrected chi connectivity index (χ2v) is 3.00. The summed E-state index contributed by atoms with van der Waals surface area (Å²) in [6.45, 7) is 4.00. The van der Waals surface area contributed by atoms with Crippen LogP contribution in [-0.4, -0.2) is 10.2 Å². The van der Waals surface area contributed by atoms with Gasteiger partial charge in [-0.1, -0.05) is 0 Å². The summed E-state index contributed by atoms with van der Waals surface area (Å²) in [5.74, 6) is 0. The van der Waals surface area contributed by atoms with E-state index in [0.29, 0.717) is 0 Å². The molecule has 0 amide bonds. The average Bonchev–Trinajstić information content (AvgIpc) is 2.12. The minimum Gasteiger partial charge on any atom is -0.822 e. The fourth-order valence-corrected chi connectivity index (χ4v) is 0.419. The summed E-state index contributed by atoms with van der Waals surface area (Å²) in [7, 11) is -5.39. The third-order valence-corrected chi connectivity index (χ3v) is 1.08. The van der Waals surface area contributed by atoms with Crippen LogP contribution in [0.2, 0.25) is 0 Å². The van der Waals surface area contributed by atoms with Gasteiger partial charge in [-0.05, 0) is 19.4 Å². The van der Waals surface area contributed by atoms with Gasteiger partial charge in [0, 0.05) is 6.20 Å². The summed E-state index contributed by atoms with van der Waals surface area (Å²) in [6.07, 6.45) is 1.88. The molecule has 0 aliphatic carbocycles. The molecule has 0 bridgehead atoms. The van der Waals surface area contributed by atoms with E-state index in [2.05, 4.69) is 10.2 Å². The Hall–Kier alpha value is 2.32. The standard InChI is InChI=1S/C5H8N2.3Na.H3O4P/c1-4-3-6-7-5(4)2;;;;1-5(2,3)4/h3H,1-2H3,(H,6,7);;;;(H3,1,2,3,4)/q;3*+1;/p-3. The van der Waals surface area contributed by atoms with E-state index in [1.807, 2.05) is 20.0 Å². The van der Waals surface area contributed by atoms with Crippen molar-refractivity contribution < 1.29 is 108 Å². The number of aromatic amines is 1. The van der Waals surface area contributed by atoms with E-state index < -0.39 is 7.82 Å². The molecule has 15 heavy (non-hydrogen) atoms. The first-order chi connectivity index (χ1) is 5.30. The second-order valence-electron chi connectivity index (χ2n) is 2.10. The molecule has 0 unspecified atom stereocenters. The van der Waals surface area contributed by atoms with Gasteiger partial charge in [-0.25, -0.2) is 0 Å². The molecule has 1 heterocycles. The number of H-pyrrole nitrogens is 1. The van der Waals surface area contributed by atoms with Crippen molar-refractivity contribution in [2.75, 3.05) is 0 Å². The predicted octanol–water partition coefficient (Wildman–Crippen LogP) is -10.8. The Morgan fingerprint density at radius 3 is 1.60 bits per heavy atom. The summed E-state index contributed by atoms with van der Waals surface area (Å²) in [5, 5.41) is 6.64. The first-order valence-electron chi connectivity index (χ1n) is 3.00. The van der Waals surface area contributed by atoms with Crippen molar-refractivity contribution in [1.82, 2.24) is 10.2 Å². The van der Waals surface area contributed by atoms with Gasteiger partial charge in [0.15, 0.2) is 0 Å². The van der Waals surface area contributed by atoms with Crippen LogP contribution in [0.3, 0.4) is 0 Å². The van der Waals surface area contributed by atoms with Gasteiger partial charge >= 0.3 is 88.7 Å². The molecular weight excluding hydrogens is 252 g/mol. The molecule has 0 aromatic carbocycles. The van der Waals surface area contributed by atoms with Crippen molar-refractivity contribution >= 4 is 7.82 Å². The smallest absolute Gasteiger partial charge is 0.822 e. The van der Waals surface area contributed by atoms with E-state index in [4.69, 9.17) is 19.2 Å². The van der Waals surface area contributed by atoms with Crippen LogP contribution in [0.5, 0.6) is 0 Å². The summed E-state index contributed by atoms with van der Waals surface area (Å²) in [5.41, 5.74) is 2.31. The van der Waals surface area contributed by atoms with Crippen molar-refractivity contribution in [1.29, 1.82) is 0 Å². The van der Waals surface area contributed by atoms with Gasteiger partial charge in [0.2, 0.25) is 0 Å². The minimum atomic E-state index is -5.39. The number of hydrogen-bond acceptors (Lipinski definition) is 5. The van der Waals surface area contributed by atoms with Gasteiger partial charge in [0.25, 0.3) is 0 Å². The maximum Gasteiger partial charge on any atom is 1.00 e. The minimum absolute atomic E-state index is 0. The molecule has 1 aromatic rings. The summed E-state index contributed by atoms with van der Waals surface area (Å²) in [6, 6.07) is 0. The first kappa shape index (κ1) is 26.0. The SMILES string of the molecule is Cc1c[nH]nc1C.O=P([O-])([O-])[O-].[Na+].[Na+].[Na+]. The molecule has 6 nitrogen and oxygen atoms in total. The first-order valence-corrected chi connectivity index (χ1v) is 4.47. The molecule has 0 aliphatic rings. The number of phosphoric acid groups is 1. The van der Waals surface area contributed by atoms with Gasteiger partial charge in [-0.2, -0.15) is 12.9 Å². The zero-order valence-electron chi connectivity index (χ0n) is 9.60. The number of hydrogen-bond donors (Lipinski definition) is 1. The Kier molecular flexibility index (Phi) is 22.1. The number of nitrogens with zero attached hydrogens (tertiary/aromatic N) is 1. The van der Waals surface area contributed by atoms with Crippen LogP contribution in [0.15, 0.2) is 6.20 Å². The van der Waals surface area contributed by atoms with Crippen molar-refractivity contribution in [3.63, 3.8) is 0 Å². The molecule has 0 aliphatic heterocycles. The van der Waals surface area contributed by atoms with E-state index in [-0.39, 0.29) is 88.7 Å². The van der Waals surface area contributed by atoms with E-state index in [1.54, 1.807) is 0 Å². The number of aromatic nitrogens is 2. The van der Waals surface area contributed by atoms with Crippen molar-refractivity contribution in [2.24, 2.45) is 0 Å². The van der Waals surface area contributed by atoms with E-state index >= 15 is 0 Å². The van der Waals surface area contributed by atoms with Crippen molar-refractivity contribution in [3.8, 4) is 0 Å². The van der Waals surface area contributed by atoms with E-state index in [9.17, 15) is 0 Å². The van der Waals surface area contributed by atoms with Crippen LogP contribution in [-0.2, 0) is 4.57 Å². The third kappa shape index (κ3) is 22.0. The molecule has 1 N–H and O–H groups in total. The normalized spacial score (nSPS) is 8.33. The molecule has 0 spiro atoms. The number of rotatable bonds is 0. The van der Waals surface area contributed by atoms with Crippen LogP contribution in [0, 0.1) is 13.8 Å². The quantitative estimate of drug-likeness (QED) is 0.367. The third-order valence-electron chi connectivity index (χ3n) is 1.08. The molecule has 1 rings (SSSR count). The summed E-state index contributed by atoms with van der Waals surface area (Å²) < 4.78 is 8.55. The zero-order chi connectivity index (χ0) is 9.78. The fourth-order valence-electron chi connectivity index (χ4n) is 0.419. The molecule has 70 valence electrons. The maximum absolute atomic E-state index is 8.55. The zero-order valence-corrected chi connectivity index (χ0v) is 16.5. The summed E-state index contributed by atoms with van der Waals surface area (Å²) in [4.78, 5) is 25.6. The molecule has 0 radical (unpaired) electrons. The van der Waals surface area contributed by atoms with E-state index in [0.717, 1.165) is 5.69 Å². The number of aryl methyl sites for hydroxylation is 2. The molecule has 0 saturated heterocycles. The van der Waals surface area contributed by atoms with Gasteiger partial charge in [0.1, 0.15) is 0 Å². The molecular formula is C5H8N2Na3O4P. The fraction of sp³-hybridized carbons (Fsp3) is 0.400. The van der Waals surface area contributed by atoms with Crippen LogP contribution in [0.25, 0.3) is 0 Å². The monoisotopic (exact) mass is 260 g/mol. The van der Waals surface area contributed by atoms with Crippen molar-refractivity contribution in [2.45, 2.75) is 13.8 Å². The topological polar surface area (TPSA) is 115 Å². The molecule has 0 fully saturated rings. The van der Waals surface area contributed by atoms with Crippen LogP contribution in [0.4, 0.5) is 0 Å². The van der Waals surface area contributed by atoms with Gasteiger partial charge in [-0.15, -0.1) is 0 Å². The molecule has 0 saturated carbocycles. The Labute approximate surface area is 155 Å². The van der Waals surface area contributed by atoms with Gasteiger partial charge in [-0.3, -0.25) is 5.10 Å². The van der Waals surface area contributed by atoms with Gasteiger partial charge < -0.3 is 19.2 Å².